The minimum atomic E-state index is -1.12. The van der Waals surface area contributed by atoms with Crippen molar-refractivity contribution in [3.8, 4) is 33.1 Å². The van der Waals surface area contributed by atoms with Crippen LogP contribution in [0.4, 0.5) is 5.69 Å². The lowest BCUT2D eigenvalue weighted by molar-refractivity contribution is -0.114. The van der Waals surface area contributed by atoms with Crippen LogP contribution in [-0.2, 0) is 4.79 Å². The summed E-state index contributed by atoms with van der Waals surface area (Å²) in [7, 11) is 0. The summed E-state index contributed by atoms with van der Waals surface area (Å²) in [5, 5.41) is 3.43. The van der Waals surface area contributed by atoms with Crippen molar-refractivity contribution in [1.29, 1.82) is 0 Å². The number of carbonyl (C=O) groups excluding carboxylic acids is 1. The quantitative estimate of drug-likeness (QED) is 0.372. The summed E-state index contributed by atoms with van der Waals surface area (Å²) in [6.07, 6.45) is 0. The van der Waals surface area contributed by atoms with E-state index in [2.05, 4.69) is 27.9 Å². The number of anilines is 1. The van der Waals surface area contributed by atoms with Gasteiger partial charge in [0.15, 0.2) is 10.7 Å². The van der Waals surface area contributed by atoms with E-state index in [4.69, 9.17) is 28.2 Å². The molecule has 0 aliphatic rings. The number of benzene rings is 3. The van der Waals surface area contributed by atoms with Crippen molar-refractivity contribution in [1.82, 2.24) is 9.36 Å². The van der Waals surface area contributed by atoms with Gasteiger partial charge in [-0.25, -0.2) is 4.98 Å². The Morgan fingerprint density at radius 3 is 2.31 bits per heavy atom. The van der Waals surface area contributed by atoms with Crippen molar-refractivity contribution in [2.75, 3.05) is 5.32 Å². The highest BCUT2D eigenvalue weighted by Crippen LogP contribution is 2.33. The van der Waals surface area contributed by atoms with Crippen molar-refractivity contribution in [3.05, 3.63) is 78.9 Å². The van der Waals surface area contributed by atoms with Crippen molar-refractivity contribution in [2.24, 2.45) is 0 Å². The van der Waals surface area contributed by atoms with Crippen LogP contribution in [0.3, 0.4) is 0 Å². The molecule has 0 aliphatic heterocycles. The predicted octanol–water partition coefficient (Wildman–Crippen LogP) is 6.28. The predicted molar refractivity (Wildman–Crippen MR) is 120 cm³/mol. The normalized spacial score (nSPS) is 10.9. The summed E-state index contributed by atoms with van der Waals surface area (Å²) in [6, 6.07) is 25.6. The third-order valence-corrected chi connectivity index (χ3v) is 5.41. The Labute approximate surface area is 182 Å². The summed E-state index contributed by atoms with van der Waals surface area (Å²) in [6.45, 7) is 0. The summed E-state index contributed by atoms with van der Waals surface area (Å²) < 4.78 is 4.57. The lowest BCUT2D eigenvalue weighted by atomic mass is 9.99. The van der Waals surface area contributed by atoms with Crippen LogP contribution in [0, 0.1) is 0 Å². The molecular weight excluding hydrogens is 425 g/mol. The highest BCUT2D eigenvalue weighted by atomic mass is 35.5. The number of nitrogens with one attached hydrogen (secondary N) is 1. The van der Waals surface area contributed by atoms with Gasteiger partial charge in [-0.05, 0) is 34.8 Å². The van der Waals surface area contributed by atoms with Crippen molar-refractivity contribution in [3.63, 3.8) is 0 Å². The summed E-state index contributed by atoms with van der Waals surface area (Å²) in [4.78, 5) is 15.3. The van der Waals surface area contributed by atoms with E-state index in [0.29, 0.717) is 11.5 Å². The van der Waals surface area contributed by atoms with Crippen molar-refractivity contribution in [2.45, 2.75) is 4.84 Å². The second-order valence-electron chi connectivity index (χ2n) is 6.21. The Hall–Kier alpha value is -2.73. The lowest BCUT2D eigenvalue weighted by Crippen LogP contribution is -2.18. The average molecular weight is 440 g/mol. The molecule has 1 N–H and O–H groups in total. The van der Waals surface area contributed by atoms with Crippen LogP contribution in [0.5, 0.6) is 0 Å². The summed E-state index contributed by atoms with van der Waals surface area (Å²) >= 11 is 12.5. The molecule has 7 heteroatoms. The van der Waals surface area contributed by atoms with Crippen LogP contribution in [0.2, 0.25) is 0 Å². The van der Waals surface area contributed by atoms with Crippen LogP contribution >= 0.6 is 34.7 Å². The highest BCUT2D eigenvalue weighted by Gasteiger charge is 2.15. The van der Waals surface area contributed by atoms with E-state index >= 15 is 0 Å². The number of hydrogen-bond acceptors (Lipinski definition) is 4. The Bertz CT molecular complexity index is 1150. The molecule has 29 heavy (non-hydrogen) atoms. The molecular formula is C22H15Cl2N3OS. The molecule has 0 spiro atoms. The molecule has 4 rings (SSSR count). The fraction of sp³-hybridized carbons (Fsp3) is 0.0455. The van der Waals surface area contributed by atoms with Gasteiger partial charge in [0, 0.05) is 16.8 Å². The second kappa shape index (κ2) is 8.74. The third-order valence-electron chi connectivity index (χ3n) is 4.25. The first-order valence-electron chi connectivity index (χ1n) is 8.80. The number of rotatable bonds is 5. The standard InChI is InChI=1S/C22H15Cl2N3OS/c23-19(24)21(28)25-16-10-6-9-15(13-16)22-26-20(27-29-22)18-12-5-4-11-17(18)14-7-2-1-3-8-14/h1-13,19H,(H,25,28). The van der Waals surface area contributed by atoms with E-state index < -0.39 is 10.7 Å². The molecule has 1 amide bonds. The number of hydrogen-bond donors (Lipinski definition) is 1. The number of amides is 1. The number of aromatic nitrogens is 2. The van der Waals surface area contributed by atoms with E-state index in [-0.39, 0.29) is 0 Å². The fourth-order valence-corrected chi connectivity index (χ4v) is 3.71. The fourth-order valence-electron chi connectivity index (χ4n) is 2.92. The van der Waals surface area contributed by atoms with Crippen molar-refractivity contribution >= 4 is 46.3 Å². The molecule has 3 aromatic carbocycles. The van der Waals surface area contributed by atoms with E-state index in [0.717, 1.165) is 27.3 Å². The SMILES string of the molecule is O=C(Nc1cccc(-c2nc(-c3ccccc3-c3ccccc3)ns2)c1)C(Cl)Cl. The Balaban J connectivity index is 1.66. The molecule has 0 atom stereocenters. The van der Waals surface area contributed by atoms with E-state index in [1.54, 1.807) is 6.07 Å². The lowest BCUT2D eigenvalue weighted by Gasteiger charge is -2.07. The second-order valence-corrected chi connectivity index (χ2v) is 8.05. The molecule has 4 nitrogen and oxygen atoms in total. The van der Waals surface area contributed by atoms with Gasteiger partial charge in [-0.15, -0.1) is 0 Å². The molecule has 0 unspecified atom stereocenters. The minimum absolute atomic E-state index is 0.472. The molecule has 4 aromatic rings. The monoisotopic (exact) mass is 439 g/mol. The maximum atomic E-state index is 11.7. The first-order chi connectivity index (χ1) is 14.1. The number of nitrogens with zero attached hydrogens (tertiary/aromatic N) is 2. The largest absolute Gasteiger partial charge is 0.324 e. The number of halogens is 2. The zero-order valence-corrected chi connectivity index (χ0v) is 17.4. The Kier molecular flexibility index (Phi) is 5.90. The van der Waals surface area contributed by atoms with Crippen molar-refractivity contribution < 1.29 is 4.79 Å². The molecule has 0 radical (unpaired) electrons. The molecule has 0 bridgehead atoms. The maximum absolute atomic E-state index is 11.7. The minimum Gasteiger partial charge on any atom is -0.324 e. The first kappa shape index (κ1) is 19.6. The number of alkyl halides is 2. The van der Waals surface area contributed by atoms with Gasteiger partial charge in [-0.3, -0.25) is 4.79 Å². The van der Waals surface area contributed by atoms with E-state index in [1.807, 2.05) is 54.6 Å². The molecule has 1 heterocycles. The van der Waals surface area contributed by atoms with Gasteiger partial charge >= 0.3 is 0 Å². The molecule has 0 saturated heterocycles. The topological polar surface area (TPSA) is 54.9 Å². The van der Waals surface area contributed by atoms with Crippen LogP contribution in [0.25, 0.3) is 33.1 Å². The maximum Gasteiger partial charge on any atom is 0.257 e. The van der Waals surface area contributed by atoms with Gasteiger partial charge in [0.2, 0.25) is 0 Å². The first-order valence-corrected chi connectivity index (χ1v) is 10.4. The van der Waals surface area contributed by atoms with Gasteiger partial charge in [-0.2, -0.15) is 4.37 Å². The Morgan fingerprint density at radius 1 is 0.862 bits per heavy atom. The third kappa shape index (κ3) is 4.48. The zero-order chi connectivity index (χ0) is 20.2. The van der Waals surface area contributed by atoms with Gasteiger partial charge in [-0.1, -0.05) is 89.9 Å². The molecule has 0 saturated carbocycles. The van der Waals surface area contributed by atoms with E-state index in [1.165, 1.54) is 11.5 Å². The van der Waals surface area contributed by atoms with Crippen LogP contribution in [0.15, 0.2) is 78.9 Å². The molecule has 1 aromatic heterocycles. The number of carbonyl (C=O) groups is 1. The molecule has 0 aliphatic carbocycles. The van der Waals surface area contributed by atoms with Gasteiger partial charge in [0.1, 0.15) is 5.01 Å². The van der Waals surface area contributed by atoms with Crippen LogP contribution in [-0.4, -0.2) is 20.1 Å². The van der Waals surface area contributed by atoms with E-state index in [9.17, 15) is 4.79 Å². The van der Waals surface area contributed by atoms with Crippen LogP contribution < -0.4 is 5.32 Å². The Morgan fingerprint density at radius 2 is 1.55 bits per heavy atom. The van der Waals surface area contributed by atoms with Crippen LogP contribution in [0.1, 0.15) is 0 Å². The summed E-state index contributed by atoms with van der Waals surface area (Å²) in [5.41, 5.74) is 4.61. The van der Waals surface area contributed by atoms with Gasteiger partial charge < -0.3 is 5.32 Å². The average Bonchev–Trinajstić information content (AvgIpc) is 3.25. The summed E-state index contributed by atoms with van der Waals surface area (Å²) in [5.74, 6) is 0.195. The van der Waals surface area contributed by atoms with Gasteiger partial charge in [0.25, 0.3) is 5.91 Å². The molecule has 144 valence electrons. The van der Waals surface area contributed by atoms with Gasteiger partial charge in [0.05, 0.1) is 0 Å². The molecule has 0 fully saturated rings. The highest BCUT2D eigenvalue weighted by molar-refractivity contribution is 7.09. The zero-order valence-electron chi connectivity index (χ0n) is 15.0. The smallest absolute Gasteiger partial charge is 0.257 e.